The van der Waals surface area contributed by atoms with Crippen molar-refractivity contribution in [1.82, 2.24) is 9.36 Å². The van der Waals surface area contributed by atoms with Gasteiger partial charge in [-0.15, -0.1) is 0 Å². The van der Waals surface area contributed by atoms with Gasteiger partial charge in [0.2, 0.25) is 5.13 Å². The molecule has 86 valence electrons. The third kappa shape index (κ3) is 4.16. The summed E-state index contributed by atoms with van der Waals surface area (Å²) in [6, 6.07) is 0.498. The summed E-state index contributed by atoms with van der Waals surface area (Å²) < 4.78 is 4.32. The molecule has 1 aromatic rings. The number of anilines is 1. The van der Waals surface area contributed by atoms with Crippen molar-refractivity contribution in [3.05, 3.63) is 5.82 Å². The Morgan fingerprint density at radius 2 is 2.07 bits per heavy atom. The van der Waals surface area contributed by atoms with Crippen LogP contribution >= 0.6 is 11.5 Å². The van der Waals surface area contributed by atoms with Crippen molar-refractivity contribution in [3.63, 3.8) is 0 Å². The fourth-order valence-electron chi connectivity index (χ4n) is 1.32. The van der Waals surface area contributed by atoms with Crippen LogP contribution in [-0.2, 0) is 0 Å². The lowest BCUT2D eigenvalue weighted by Crippen LogP contribution is -2.14. The molecule has 0 bridgehead atoms. The molecule has 1 aromatic heterocycles. The van der Waals surface area contributed by atoms with Crippen molar-refractivity contribution in [2.45, 2.75) is 58.9 Å². The summed E-state index contributed by atoms with van der Waals surface area (Å²) in [5.41, 5.74) is 0. The maximum Gasteiger partial charge on any atom is 0.202 e. The predicted molar refractivity (Wildman–Crippen MR) is 66.6 cm³/mol. The molecule has 3 nitrogen and oxygen atoms in total. The molecule has 1 rings (SSSR count). The van der Waals surface area contributed by atoms with Gasteiger partial charge in [0, 0.05) is 23.5 Å². The zero-order valence-electron chi connectivity index (χ0n) is 10.1. The highest BCUT2D eigenvalue weighted by atomic mass is 32.1. The molecule has 0 spiro atoms. The van der Waals surface area contributed by atoms with Crippen LogP contribution in [0.1, 0.15) is 58.7 Å². The Labute approximate surface area is 96.5 Å². The van der Waals surface area contributed by atoms with E-state index in [4.69, 9.17) is 0 Å². The van der Waals surface area contributed by atoms with Gasteiger partial charge in [0.15, 0.2) is 0 Å². The number of rotatable bonds is 6. The summed E-state index contributed by atoms with van der Waals surface area (Å²) in [5, 5.41) is 4.36. The maximum atomic E-state index is 4.45. The number of aromatic nitrogens is 2. The summed E-state index contributed by atoms with van der Waals surface area (Å²) in [6.45, 7) is 8.65. The molecule has 0 amide bonds. The highest BCUT2D eigenvalue weighted by Gasteiger charge is 2.09. The van der Waals surface area contributed by atoms with Crippen LogP contribution in [0.3, 0.4) is 0 Å². The van der Waals surface area contributed by atoms with E-state index >= 15 is 0 Å². The van der Waals surface area contributed by atoms with Gasteiger partial charge in [0.25, 0.3) is 0 Å². The van der Waals surface area contributed by atoms with Crippen molar-refractivity contribution < 1.29 is 0 Å². The fourth-order valence-corrected chi connectivity index (χ4v) is 2.14. The summed E-state index contributed by atoms with van der Waals surface area (Å²) in [5.74, 6) is 1.37. The van der Waals surface area contributed by atoms with E-state index in [1.807, 2.05) is 0 Å². The van der Waals surface area contributed by atoms with E-state index in [0.29, 0.717) is 12.0 Å². The lowest BCUT2D eigenvalue weighted by molar-refractivity contribution is 0.644. The first-order valence-corrected chi connectivity index (χ1v) is 6.51. The van der Waals surface area contributed by atoms with E-state index in [0.717, 1.165) is 11.0 Å². The van der Waals surface area contributed by atoms with Crippen LogP contribution in [0, 0.1) is 0 Å². The standard InChI is InChI=1S/C11H21N3S/c1-5-6-7-9(4)12-11-13-10(8(2)3)14-15-11/h8-9H,5-7H2,1-4H3,(H,12,13,14). The SMILES string of the molecule is CCCCC(C)Nc1nc(C(C)C)ns1. The first-order chi connectivity index (χ1) is 7.13. The molecule has 0 saturated carbocycles. The highest BCUT2D eigenvalue weighted by molar-refractivity contribution is 7.09. The molecule has 0 aromatic carbocycles. The highest BCUT2D eigenvalue weighted by Crippen LogP contribution is 2.18. The molecule has 4 heteroatoms. The predicted octanol–water partition coefficient (Wildman–Crippen LogP) is 3.65. The first kappa shape index (κ1) is 12.4. The second-order valence-corrected chi connectivity index (χ2v) is 5.05. The summed E-state index contributed by atoms with van der Waals surface area (Å²) in [4.78, 5) is 4.45. The molecular weight excluding hydrogens is 206 g/mol. The lowest BCUT2D eigenvalue weighted by Gasteiger charge is -2.11. The first-order valence-electron chi connectivity index (χ1n) is 5.73. The molecule has 1 unspecified atom stereocenters. The van der Waals surface area contributed by atoms with Crippen molar-refractivity contribution in [3.8, 4) is 0 Å². The quantitative estimate of drug-likeness (QED) is 0.806. The van der Waals surface area contributed by atoms with E-state index in [1.165, 1.54) is 30.8 Å². The van der Waals surface area contributed by atoms with Crippen LogP contribution < -0.4 is 5.32 Å². The molecule has 0 aliphatic heterocycles. The molecule has 0 saturated heterocycles. The van der Waals surface area contributed by atoms with Crippen LogP contribution in [-0.4, -0.2) is 15.4 Å². The maximum absolute atomic E-state index is 4.45. The van der Waals surface area contributed by atoms with Crippen molar-refractivity contribution in [1.29, 1.82) is 0 Å². The van der Waals surface area contributed by atoms with E-state index in [1.54, 1.807) is 0 Å². The zero-order chi connectivity index (χ0) is 11.3. The van der Waals surface area contributed by atoms with Crippen LogP contribution in [0.25, 0.3) is 0 Å². The number of nitrogens with one attached hydrogen (secondary N) is 1. The number of hydrogen-bond donors (Lipinski definition) is 1. The van der Waals surface area contributed by atoms with Gasteiger partial charge in [-0.3, -0.25) is 0 Å². The Bertz CT molecular complexity index is 283. The number of unbranched alkanes of at least 4 members (excludes halogenated alkanes) is 1. The summed E-state index contributed by atoms with van der Waals surface area (Å²) in [6.07, 6.45) is 3.72. The van der Waals surface area contributed by atoms with Gasteiger partial charge in [0.05, 0.1) is 0 Å². The van der Waals surface area contributed by atoms with Gasteiger partial charge in [-0.25, -0.2) is 4.98 Å². The molecule has 1 heterocycles. The van der Waals surface area contributed by atoms with E-state index in [2.05, 4.69) is 42.4 Å². The minimum Gasteiger partial charge on any atom is -0.358 e. The molecule has 1 N–H and O–H groups in total. The Morgan fingerprint density at radius 1 is 1.33 bits per heavy atom. The normalized spacial score (nSPS) is 13.1. The second kappa shape index (κ2) is 6.05. The molecular formula is C11H21N3S. The molecule has 0 fully saturated rings. The van der Waals surface area contributed by atoms with Crippen molar-refractivity contribution in [2.75, 3.05) is 5.32 Å². The molecule has 0 aliphatic carbocycles. The van der Waals surface area contributed by atoms with E-state index in [9.17, 15) is 0 Å². The van der Waals surface area contributed by atoms with Crippen molar-refractivity contribution in [2.24, 2.45) is 0 Å². The average Bonchev–Trinajstić information content (AvgIpc) is 2.63. The second-order valence-electron chi connectivity index (χ2n) is 4.30. The Balaban J connectivity index is 2.42. The van der Waals surface area contributed by atoms with Gasteiger partial charge < -0.3 is 5.32 Å². The average molecular weight is 227 g/mol. The smallest absolute Gasteiger partial charge is 0.202 e. The zero-order valence-corrected chi connectivity index (χ0v) is 10.9. The van der Waals surface area contributed by atoms with Crippen molar-refractivity contribution >= 4 is 16.7 Å². The molecule has 0 radical (unpaired) electrons. The Kier molecular flexibility index (Phi) is 5.02. The summed E-state index contributed by atoms with van der Waals surface area (Å²) in [7, 11) is 0. The number of nitrogens with zero attached hydrogens (tertiary/aromatic N) is 2. The van der Waals surface area contributed by atoms with E-state index in [-0.39, 0.29) is 0 Å². The Morgan fingerprint density at radius 3 is 2.60 bits per heavy atom. The van der Waals surface area contributed by atoms with Crippen LogP contribution in [0.4, 0.5) is 5.13 Å². The lowest BCUT2D eigenvalue weighted by atomic mass is 10.1. The van der Waals surface area contributed by atoms with Gasteiger partial charge >= 0.3 is 0 Å². The van der Waals surface area contributed by atoms with E-state index < -0.39 is 0 Å². The van der Waals surface area contributed by atoms with Gasteiger partial charge in [-0.05, 0) is 13.3 Å². The topological polar surface area (TPSA) is 37.8 Å². The Hall–Kier alpha value is -0.640. The van der Waals surface area contributed by atoms with Gasteiger partial charge in [-0.1, -0.05) is 33.6 Å². The fraction of sp³-hybridized carbons (Fsp3) is 0.818. The number of hydrogen-bond acceptors (Lipinski definition) is 4. The van der Waals surface area contributed by atoms with Gasteiger partial charge in [0.1, 0.15) is 5.82 Å². The minimum atomic E-state index is 0.419. The van der Waals surface area contributed by atoms with Crippen LogP contribution in [0.15, 0.2) is 0 Å². The molecule has 1 atom stereocenters. The molecule has 15 heavy (non-hydrogen) atoms. The van der Waals surface area contributed by atoms with Gasteiger partial charge in [-0.2, -0.15) is 4.37 Å². The third-order valence-corrected chi connectivity index (χ3v) is 2.98. The largest absolute Gasteiger partial charge is 0.358 e. The third-order valence-electron chi connectivity index (χ3n) is 2.32. The van der Waals surface area contributed by atoms with Crippen LogP contribution in [0.2, 0.25) is 0 Å². The minimum absolute atomic E-state index is 0.419. The molecule has 0 aliphatic rings. The summed E-state index contributed by atoms with van der Waals surface area (Å²) >= 11 is 1.47. The monoisotopic (exact) mass is 227 g/mol. The van der Waals surface area contributed by atoms with Crippen LogP contribution in [0.5, 0.6) is 0 Å².